The molecule has 0 fully saturated rings. The number of unbranched alkanes of at least 4 members (excludes halogenated alkanes) is 2. The molecule has 1 aromatic heterocycles. The highest BCUT2D eigenvalue weighted by atomic mass is 35.5. The molecule has 5 heteroatoms. The Hall–Kier alpha value is -0.870. The average Bonchev–Trinajstić information content (AvgIpc) is 2.56. The van der Waals surface area contributed by atoms with Crippen LogP contribution in [-0.2, 0) is 0 Å². The zero-order valence-electron chi connectivity index (χ0n) is 14.4. The minimum absolute atomic E-state index is 0.533. The van der Waals surface area contributed by atoms with E-state index in [-0.39, 0.29) is 0 Å². The van der Waals surface area contributed by atoms with E-state index in [1.807, 2.05) is 12.1 Å². The molecule has 1 heterocycles. The van der Waals surface area contributed by atoms with E-state index in [0.717, 1.165) is 49.7 Å². The lowest BCUT2D eigenvalue weighted by Gasteiger charge is -2.25. The van der Waals surface area contributed by atoms with E-state index in [2.05, 4.69) is 23.7 Å². The molecular formula is C19H26Cl2N2O. The number of fused-ring (bicyclic) bond motifs is 1. The first-order valence-electron chi connectivity index (χ1n) is 8.70. The maximum Gasteiger partial charge on any atom is 0.0931 e. The highest BCUT2D eigenvalue weighted by molar-refractivity contribution is 6.38. The Morgan fingerprint density at radius 1 is 1.08 bits per heavy atom. The molecule has 0 saturated carbocycles. The normalized spacial score (nSPS) is 12.9. The smallest absolute Gasteiger partial charge is 0.0931 e. The number of halogens is 2. The molecule has 1 N–H and O–H groups in total. The molecule has 0 radical (unpaired) electrons. The average molecular weight is 369 g/mol. The molecule has 2 rings (SSSR count). The lowest BCUT2D eigenvalue weighted by molar-refractivity contribution is 0.111. The summed E-state index contributed by atoms with van der Waals surface area (Å²) in [5.74, 6) is 0. The fraction of sp³-hybridized carbons (Fsp3) is 0.526. The highest BCUT2D eigenvalue weighted by Crippen LogP contribution is 2.28. The summed E-state index contributed by atoms with van der Waals surface area (Å²) in [4.78, 5) is 6.75. The molecule has 0 saturated heterocycles. The van der Waals surface area contributed by atoms with Gasteiger partial charge in [-0.15, -0.1) is 0 Å². The topological polar surface area (TPSA) is 36.4 Å². The predicted octanol–water partition coefficient (Wildman–Crippen LogP) is 5.48. The van der Waals surface area contributed by atoms with E-state index in [9.17, 15) is 5.11 Å². The van der Waals surface area contributed by atoms with Gasteiger partial charge in [-0.25, -0.2) is 0 Å². The molecule has 0 spiro atoms. The van der Waals surface area contributed by atoms with Crippen LogP contribution in [-0.4, -0.2) is 34.6 Å². The molecule has 1 aromatic carbocycles. The van der Waals surface area contributed by atoms with Crippen molar-refractivity contribution in [1.82, 2.24) is 9.88 Å². The van der Waals surface area contributed by atoms with Crippen LogP contribution in [0.3, 0.4) is 0 Å². The van der Waals surface area contributed by atoms with E-state index in [0.29, 0.717) is 22.1 Å². The van der Waals surface area contributed by atoms with Gasteiger partial charge in [0.25, 0.3) is 0 Å². The second-order valence-corrected chi connectivity index (χ2v) is 7.10. The van der Waals surface area contributed by atoms with Crippen LogP contribution in [0.1, 0.15) is 51.2 Å². The molecule has 0 aliphatic rings. The summed E-state index contributed by atoms with van der Waals surface area (Å²) in [6.07, 6.45) is 5.77. The number of benzene rings is 1. The summed E-state index contributed by atoms with van der Waals surface area (Å²) < 4.78 is 0. The van der Waals surface area contributed by atoms with Crippen molar-refractivity contribution in [2.75, 3.05) is 19.6 Å². The number of aromatic nitrogens is 1. The summed E-state index contributed by atoms with van der Waals surface area (Å²) in [6.45, 7) is 7.05. The van der Waals surface area contributed by atoms with Gasteiger partial charge in [0.2, 0.25) is 0 Å². The molecule has 1 atom stereocenters. The van der Waals surface area contributed by atoms with Crippen LogP contribution in [0.4, 0.5) is 0 Å². The zero-order chi connectivity index (χ0) is 17.5. The molecule has 132 valence electrons. The summed E-state index contributed by atoms with van der Waals surface area (Å²) in [5, 5.41) is 12.6. The van der Waals surface area contributed by atoms with Gasteiger partial charge in [-0.3, -0.25) is 4.98 Å². The third-order valence-corrected chi connectivity index (χ3v) is 4.70. The van der Waals surface area contributed by atoms with Crippen LogP contribution >= 0.6 is 23.2 Å². The number of aliphatic hydroxyl groups excluding tert-OH is 1. The third-order valence-electron chi connectivity index (χ3n) is 4.19. The van der Waals surface area contributed by atoms with Gasteiger partial charge < -0.3 is 10.0 Å². The van der Waals surface area contributed by atoms with Crippen molar-refractivity contribution in [3.05, 3.63) is 40.0 Å². The minimum Gasteiger partial charge on any atom is -0.387 e. The van der Waals surface area contributed by atoms with Crippen LogP contribution in [0.5, 0.6) is 0 Å². The number of rotatable bonds is 9. The minimum atomic E-state index is -0.562. The molecular weight excluding hydrogens is 343 g/mol. The van der Waals surface area contributed by atoms with Crippen molar-refractivity contribution in [2.24, 2.45) is 0 Å². The first kappa shape index (κ1) is 19.5. The van der Waals surface area contributed by atoms with Crippen molar-refractivity contribution in [2.45, 2.75) is 45.6 Å². The van der Waals surface area contributed by atoms with E-state index in [1.54, 1.807) is 12.3 Å². The number of hydrogen-bond donors (Lipinski definition) is 1. The first-order valence-corrected chi connectivity index (χ1v) is 9.45. The van der Waals surface area contributed by atoms with E-state index >= 15 is 0 Å². The first-order chi connectivity index (χ1) is 11.5. The SMILES string of the molecule is CCCCN(CCCC)CC(O)c1cnc2c(Cl)cc(Cl)cc2c1. The maximum absolute atomic E-state index is 10.6. The predicted molar refractivity (Wildman–Crippen MR) is 103 cm³/mol. The molecule has 0 amide bonds. The van der Waals surface area contributed by atoms with Crippen molar-refractivity contribution in [1.29, 1.82) is 0 Å². The Kier molecular flexibility index (Phi) is 7.76. The number of nitrogens with zero attached hydrogens (tertiary/aromatic N) is 2. The van der Waals surface area contributed by atoms with Crippen molar-refractivity contribution < 1.29 is 5.11 Å². The molecule has 3 nitrogen and oxygen atoms in total. The lowest BCUT2D eigenvalue weighted by Crippen LogP contribution is -2.30. The lowest BCUT2D eigenvalue weighted by atomic mass is 10.1. The molecule has 1 unspecified atom stereocenters. The van der Waals surface area contributed by atoms with Crippen molar-refractivity contribution >= 4 is 34.1 Å². The van der Waals surface area contributed by atoms with Gasteiger partial charge in [-0.2, -0.15) is 0 Å². The van der Waals surface area contributed by atoms with Crippen molar-refractivity contribution in [3.63, 3.8) is 0 Å². The monoisotopic (exact) mass is 368 g/mol. The van der Waals surface area contributed by atoms with Crippen LogP contribution in [0, 0.1) is 0 Å². The van der Waals surface area contributed by atoms with Crippen molar-refractivity contribution in [3.8, 4) is 0 Å². The second kappa shape index (κ2) is 9.57. The number of hydrogen-bond acceptors (Lipinski definition) is 3. The fourth-order valence-corrected chi connectivity index (χ4v) is 3.34. The fourth-order valence-electron chi connectivity index (χ4n) is 2.78. The van der Waals surface area contributed by atoms with Gasteiger partial charge in [0, 0.05) is 28.7 Å². The second-order valence-electron chi connectivity index (χ2n) is 6.25. The molecule has 2 aromatic rings. The summed E-state index contributed by atoms with van der Waals surface area (Å²) >= 11 is 12.2. The Labute approximate surface area is 154 Å². The standard InChI is InChI=1S/C19H26Cl2N2O/c1-3-5-7-23(8-6-4-2)13-18(24)15-9-14-10-16(20)11-17(21)19(14)22-12-15/h9-12,18,24H,3-8,13H2,1-2H3. The van der Waals surface area contributed by atoms with Gasteiger partial charge in [-0.05, 0) is 44.1 Å². The van der Waals surface area contributed by atoms with Gasteiger partial charge in [-0.1, -0.05) is 49.9 Å². The van der Waals surface area contributed by atoms with Crippen LogP contribution in [0.15, 0.2) is 24.4 Å². The molecule has 24 heavy (non-hydrogen) atoms. The molecule has 0 aliphatic carbocycles. The Bertz CT molecular complexity index is 655. The number of pyridine rings is 1. The van der Waals surface area contributed by atoms with Crippen LogP contribution in [0.25, 0.3) is 10.9 Å². The van der Waals surface area contributed by atoms with Crippen LogP contribution < -0.4 is 0 Å². The van der Waals surface area contributed by atoms with Gasteiger partial charge in [0.1, 0.15) is 0 Å². The summed E-state index contributed by atoms with van der Waals surface area (Å²) in [7, 11) is 0. The maximum atomic E-state index is 10.6. The van der Waals surface area contributed by atoms with E-state index in [4.69, 9.17) is 23.2 Å². The van der Waals surface area contributed by atoms with Gasteiger partial charge >= 0.3 is 0 Å². The third kappa shape index (κ3) is 5.32. The Balaban J connectivity index is 2.15. The largest absolute Gasteiger partial charge is 0.387 e. The molecule has 0 aliphatic heterocycles. The highest BCUT2D eigenvalue weighted by Gasteiger charge is 2.15. The quantitative estimate of drug-likeness (QED) is 0.636. The van der Waals surface area contributed by atoms with E-state index in [1.165, 1.54) is 0 Å². The van der Waals surface area contributed by atoms with Gasteiger partial charge in [0.15, 0.2) is 0 Å². The van der Waals surface area contributed by atoms with Gasteiger partial charge in [0.05, 0.1) is 16.6 Å². The molecule has 0 bridgehead atoms. The Morgan fingerprint density at radius 2 is 1.75 bits per heavy atom. The van der Waals surface area contributed by atoms with E-state index < -0.39 is 6.10 Å². The van der Waals surface area contributed by atoms with Crippen LogP contribution in [0.2, 0.25) is 10.0 Å². The zero-order valence-corrected chi connectivity index (χ0v) is 15.9. The Morgan fingerprint density at radius 3 is 2.38 bits per heavy atom. The summed E-state index contributed by atoms with van der Waals surface area (Å²) in [6, 6.07) is 5.45. The number of aliphatic hydroxyl groups is 1. The summed E-state index contributed by atoms with van der Waals surface area (Å²) in [5.41, 5.74) is 1.52.